The van der Waals surface area contributed by atoms with Crippen molar-refractivity contribution < 1.29 is 4.74 Å². The second-order valence-electron chi connectivity index (χ2n) is 11.8. The Labute approximate surface area is 238 Å². The van der Waals surface area contributed by atoms with Crippen LogP contribution in [-0.2, 0) is 0 Å². The lowest BCUT2D eigenvalue weighted by molar-refractivity contribution is 0.302. The van der Waals surface area contributed by atoms with Gasteiger partial charge in [0.1, 0.15) is 5.75 Å². The molecule has 0 unspecified atom stereocenters. The van der Waals surface area contributed by atoms with Gasteiger partial charge in [0.2, 0.25) is 0 Å². The van der Waals surface area contributed by atoms with Gasteiger partial charge in [-0.25, -0.2) is 0 Å². The molecule has 1 nitrogen and oxygen atoms in total. The summed E-state index contributed by atoms with van der Waals surface area (Å²) >= 11 is 0. The first kappa shape index (κ1) is 29.3. The zero-order valence-corrected chi connectivity index (χ0v) is 24.7. The summed E-state index contributed by atoms with van der Waals surface area (Å²) in [5.74, 6) is 9.44. The molecule has 3 aromatic rings. The summed E-state index contributed by atoms with van der Waals surface area (Å²) in [4.78, 5) is 0. The third kappa shape index (κ3) is 9.76. The minimum Gasteiger partial charge on any atom is -0.494 e. The minimum atomic E-state index is 0.735. The third-order valence-corrected chi connectivity index (χ3v) is 8.62. The van der Waals surface area contributed by atoms with E-state index in [1.807, 2.05) is 0 Å². The number of unbranched alkanes of at least 4 members (excludes halogenated alkanes) is 8. The van der Waals surface area contributed by atoms with Crippen LogP contribution in [-0.4, -0.2) is 6.61 Å². The minimum absolute atomic E-state index is 0.735. The quantitative estimate of drug-likeness (QED) is 0.151. The Bertz CT molecular complexity index is 1170. The van der Waals surface area contributed by atoms with Crippen molar-refractivity contribution in [3.63, 3.8) is 0 Å². The zero-order chi connectivity index (χ0) is 27.1. The average molecular weight is 523 g/mol. The molecule has 0 saturated heterocycles. The van der Waals surface area contributed by atoms with Gasteiger partial charge in [-0.3, -0.25) is 0 Å². The maximum absolute atomic E-state index is 5.99. The Balaban J connectivity index is 1.24. The van der Waals surface area contributed by atoms with E-state index in [4.69, 9.17) is 4.74 Å². The first-order valence-corrected chi connectivity index (χ1v) is 16.0. The highest BCUT2D eigenvalue weighted by Gasteiger charge is 2.21. The fraction of sp³-hybridized carbons (Fsp3) is 0.526. The van der Waals surface area contributed by atoms with E-state index in [0.29, 0.717) is 0 Å². The highest BCUT2D eigenvalue weighted by atomic mass is 16.5. The fourth-order valence-corrected chi connectivity index (χ4v) is 6.09. The van der Waals surface area contributed by atoms with Gasteiger partial charge in [-0.2, -0.15) is 0 Å². The molecule has 208 valence electrons. The molecular weight excluding hydrogens is 472 g/mol. The van der Waals surface area contributed by atoms with E-state index in [9.17, 15) is 0 Å². The SMILES string of the molecule is CCCCCCCOc1ccc2cc(C#Cc3ccc(C4CCC(CCCCCCC)CC4)cc3)ccc2c1. The zero-order valence-electron chi connectivity index (χ0n) is 24.7. The molecule has 1 fully saturated rings. The molecular formula is C38H50O. The van der Waals surface area contributed by atoms with Gasteiger partial charge in [-0.1, -0.05) is 114 Å². The maximum atomic E-state index is 5.99. The van der Waals surface area contributed by atoms with Gasteiger partial charge in [0.15, 0.2) is 0 Å². The monoisotopic (exact) mass is 522 g/mol. The van der Waals surface area contributed by atoms with Crippen LogP contribution in [0.15, 0.2) is 60.7 Å². The highest BCUT2D eigenvalue weighted by Crippen LogP contribution is 2.37. The molecule has 0 spiro atoms. The summed E-state index contributed by atoms with van der Waals surface area (Å²) in [7, 11) is 0. The van der Waals surface area contributed by atoms with E-state index in [-0.39, 0.29) is 0 Å². The van der Waals surface area contributed by atoms with E-state index in [1.165, 1.54) is 106 Å². The molecule has 0 heterocycles. The number of hydrogen-bond donors (Lipinski definition) is 0. The van der Waals surface area contributed by atoms with Gasteiger partial charge in [-0.05, 0) is 96.7 Å². The molecule has 1 aliphatic carbocycles. The number of benzene rings is 3. The summed E-state index contributed by atoms with van der Waals surface area (Å²) in [5, 5.41) is 2.42. The Morgan fingerprint density at radius 3 is 1.97 bits per heavy atom. The van der Waals surface area contributed by atoms with Crippen molar-refractivity contribution in [1.82, 2.24) is 0 Å². The summed E-state index contributed by atoms with van der Waals surface area (Å²) in [6, 6.07) is 22.0. The van der Waals surface area contributed by atoms with Crippen molar-refractivity contribution >= 4 is 10.8 Å². The molecule has 0 N–H and O–H groups in total. The highest BCUT2D eigenvalue weighted by molar-refractivity contribution is 5.85. The Morgan fingerprint density at radius 1 is 0.615 bits per heavy atom. The lowest BCUT2D eigenvalue weighted by atomic mass is 9.77. The Morgan fingerprint density at radius 2 is 1.23 bits per heavy atom. The van der Waals surface area contributed by atoms with Crippen molar-refractivity contribution in [1.29, 1.82) is 0 Å². The summed E-state index contributed by atoms with van der Waals surface area (Å²) in [6.07, 6.45) is 20.3. The first-order valence-electron chi connectivity index (χ1n) is 16.0. The van der Waals surface area contributed by atoms with Crippen LogP contribution in [0.4, 0.5) is 0 Å². The molecule has 4 rings (SSSR count). The van der Waals surface area contributed by atoms with Gasteiger partial charge in [0.05, 0.1) is 6.61 Å². The van der Waals surface area contributed by atoms with Gasteiger partial charge < -0.3 is 4.74 Å². The van der Waals surface area contributed by atoms with Gasteiger partial charge >= 0.3 is 0 Å². The molecule has 0 aliphatic heterocycles. The second-order valence-corrected chi connectivity index (χ2v) is 11.8. The van der Waals surface area contributed by atoms with Crippen LogP contribution in [0.2, 0.25) is 0 Å². The van der Waals surface area contributed by atoms with Crippen LogP contribution in [0, 0.1) is 17.8 Å². The van der Waals surface area contributed by atoms with E-state index < -0.39 is 0 Å². The normalized spacial score (nSPS) is 17.1. The molecule has 1 heteroatoms. The van der Waals surface area contributed by atoms with Crippen LogP contribution in [0.3, 0.4) is 0 Å². The molecule has 0 amide bonds. The Hall–Kier alpha value is -2.72. The van der Waals surface area contributed by atoms with Crippen molar-refractivity contribution in [2.45, 2.75) is 116 Å². The van der Waals surface area contributed by atoms with Crippen molar-refractivity contribution in [2.75, 3.05) is 6.61 Å². The van der Waals surface area contributed by atoms with Crippen molar-refractivity contribution in [3.8, 4) is 17.6 Å². The number of hydrogen-bond acceptors (Lipinski definition) is 1. The lowest BCUT2D eigenvalue weighted by Crippen LogP contribution is -2.13. The van der Waals surface area contributed by atoms with Crippen molar-refractivity contribution in [3.05, 3.63) is 77.4 Å². The summed E-state index contributed by atoms with van der Waals surface area (Å²) in [5.41, 5.74) is 3.66. The van der Waals surface area contributed by atoms with Crippen molar-refractivity contribution in [2.24, 2.45) is 5.92 Å². The second kappa shape index (κ2) is 16.4. The predicted molar refractivity (Wildman–Crippen MR) is 169 cm³/mol. The van der Waals surface area contributed by atoms with E-state index in [0.717, 1.165) is 41.7 Å². The molecule has 0 radical (unpaired) electrons. The van der Waals surface area contributed by atoms with Crippen LogP contribution in [0.5, 0.6) is 5.75 Å². The number of rotatable bonds is 14. The first-order chi connectivity index (χ1) is 19.2. The average Bonchev–Trinajstić information content (AvgIpc) is 2.98. The molecule has 0 bridgehead atoms. The van der Waals surface area contributed by atoms with Crippen LogP contribution in [0.25, 0.3) is 10.8 Å². The van der Waals surface area contributed by atoms with E-state index in [1.54, 1.807) is 0 Å². The van der Waals surface area contributed by atoms with Crippen LogP contribution < -0.4 is 4.74 Å². The number of ether oxygens (including phenoxy) is 1. The fourth-order valence-electron chi connectivity index (χ4n) is 6.09. The molecule has 39 heavy (non-hydrogen) atoms. The standard InChI is InChI=1S/C38H50O/c1-3-5-7-9-11-13-31-16-21-34(22-17-31)35-23-18-32(19-24-35)14-15-33-20-25-37-30-38(27-26-36(37)29-33)39-28-12-10-8-6-4-2/h18-20,23-27,29-31,34H,3-13,16-17,21-22,28H2,1-2H3. The van der Waals surface area contributed by atoms with E-state index in [2.05, 4.69) is 86.4 Å². The van der Waals surface area contributed by atoms with Gasteiger partial charge in [0.25, 0.3) is 0 Å². The third-order valence-electron chi connectivity index (χ3n) is 8.62. The van der Waals surface area contributed by atoms with Gasteiger partial charge in [0, 0.05) is 11.1 Å². The smallest absolute Gasteiger partial charge is 0.119 e. The molecule has 1 saturated carbocycles. The largest absolute Gasteiger partial charge is 0.494 e. The maximum Gasteiger partial charge on any atom is 0.119 e. The van der Waals surface area contributed by atoms with E-state index >= 15 is 0 Å². The summed E-state index contributed by atoms with van der Waals surface area (Å²) < 4.78 is 5.99. The molecule has 0 atom stereocenters. The Kier molecular flexibility index (Phi) is 12.3. The molecule has 1 aliphatic rings. The predicted octanol–water partition coefficient (Wildman–Crippen LogP) is 11.2. The lowest BCUT2D eigenvalue weighted by Gasteiger charge is -2.29. The van der Waals surface area contributed by atoms with Crippen LogP contribution in [0.1, 0.15) is 133 Å². The summed E-state index contributed by atoms with van der Waals surface area (Å²) in [6.45, 7) is 5.35. The van der Waals surface area contributed by atoms with Crippen LogP contribution >= 0.6 is 0 Å². The number of fused-ring (bicyclic) bond motifs is 1. The van der Waals surface area contributed by atoms with Gasteiger partial charge in [-0.15, -0.1) is 0 Å². The molecule has 0 aromatic heterocycles. The topological polar surface area (TPSA) is 9.23 Å². The molecule has 3 aromatic carbocycles.